The highest BCUT2D eigenvalue weighted by Gasteiger charge is 2.35. The lowest BCUT2D eigenvalue weighted by Gasteiger charge is -2.12. The van der Waals surface area contributed by atoms with Crippen molar-refractivity contribution >= 4 is 35.3 Å². The highest BCUT2D eigenvalue weighted by molar-refractivity contribution is 6.22. The van der Waals surface area contributed by atoms with Gasteiger partial charge in [-0.3, -0.25) is 19.3 Å². The number of benzene rings is 2. The predicted octanol–water partition coefficient (Wildman–Crippen LogP) is -0.328. The van der Waals surface area contributed by atoms with Crippen LogP contribution in [0.2, 0.25) is 0 Å². The summed E-state index contributed by atoms with van der Waals surface area (Å²) in [4.78, 5) is 60.4. The van der Waals surface area contributed by atoms with Gasteiger partial charge in [-0.1, -0.05) is 6.92 Å². The molecule has 9 heteroatoms. The van der Waals surface area contributed by atoms with Gasteiger partial charge in [0.2, 0.25) is 0 Å². The number of carbonyl (C=O) groups excluding carboxylic acids is 5. The second-order valence-electron chi connectivity index (χ2n) is 6.35. The molecule has 2 aromatic rings. The molecule has 0 radical (unpaired) electrons. The lowest BCUT2D eigenvalue weighted by atomic mass is 10.0. The number of imide groups is 1. The second kappa shape index (κ2) is 7.55. The van der Waals surface area contributed by atoms with Crippen LogP contribution in [0.1, 0.15) is 65.1 Å². The van der Waals surface area contributed by atoms with Crippen molar-refractivity contribution in [3.63, 3.8) is 0 Å². The molecule has 3 amide bonds. The van der Waals surface area contributed by atoms with Gasteiger partial charge in [0.05, 0.1) is 23.1 Å². The van der Waals surface area contributed by atoms with Crippen molar-refractivity contribution < 1.29 is 34.2 Å². The summed E-state index contributed by atoms with van der Waals surface area (Å²) in [6, 6.07) is 6.89. The summed E-state index contributed by atoms with van der Waals surface area (Å²) in [5, 5.41) is 24.5. The molecule has 2 aromatic carbocycles. The van der Waals surface area contributed by atoms with Gasteiger partial charge in [0, 0.05) is 17.8 Å². The Kier molecular flexibility index (Phi) is 5.14. The normalized spacial score (nSPS) is 12.7. The third-order valence-electron chi connectivity index (χ3n) is 4.34. The number of fused-ring (bicyclic) bond motifs is 1. The van der Waals surface area contributed by atoms with E-state index in [0.717, 1.165) is 23.1 Å². The molecule has 0 bridgehead atoms. The summed E-state index contributed by atoms with van der Waals surface area (Å²) in [7, 11) is 0. The fourth-order valence-corrected chi connectivity index (χ4v) is 3.00. The molecule has 0 aromatic heterocycles. The van der Waals surface area contributed by atoms with E-state index >= 15 is 0 Å². The maximum atomic E-state index is 12.5. The zero-order chi connectivity index (χ0) is 21.3. The van der Waals surface area contributed by atoms with Crippen molar-refractivity contribution in [2.45, 2.75) is 13.3 Å². The molecule has 29 heavy (non-hydrogen) atoms. The minimum Gasteiger partial charge on any atom is -0.545 e. The van der Waals surface area contributed by atoms with Crippen LogP contribution in [-0.4, -0.2) is 41.1 Å². The average molecular weight is 394 g/mol. The van der Waals surface area contributed by atoms with Gasteiger partial charge in [0.15, 0.2) is 0 Å². The molecule has 0 atom stereocenters. The Morgan fingerprint density at radius 1 is 0.862 bits per heavy atom. The van der Waals surface area contributed by atoms with Gasteiger partial charge in [-0.2, -0.15) is 0 Å². The van der Waals surface area contributed by atoms with Gasteiger partial charge < -0.3 is 25.1 Å². The summed E-state index contributed by atoms with van der Waals surface area (Å²) >= 11 is 0. The molecule has 9 nitrogen and oxygen atoms in total. The number of anilines is 1. The number of carbonyl (C=O) groups is 5. The summed E-state index contributed by atoms with van der Waals surface area (Å²) in [5.41, 5.74) is -0.685. The molecule has 3 rings (SSSR count). The Bertz CT molecular complexity index is 1040. The Morgan fingerprint density at radius 2 is 1.45 bits per heavy atom. The third-order valence-corrected chi connectivity index (χ3v) is 4.34. The zero-order valence-electron chi connectivity index (χ0n) is 15.2. The van der Waals surface area contributed by atoms with E-state index in [9.17, 15) is 34.2 Å². The number of aromatic carboxylic acids is 2. The van der Waals surface area contributed by atoms with E-state index in [-0.39, 0.29) is 28.9 Å². The standard InChI is InChI=1S/C20H16N2O7/c1-2-5-22-17(24)14-4-3-10(9-15(14)18(22)25)16(23)21-13-7-11(19(26)27)6-12(8-13)20(28)29/h3-4,6-9H,2,5H2,1H3,(H,21,23)(H,26,27)(H,28,29)/p-2. The van der Waals surface area contributed by atoms with E-state index in [2.05, 4.69) is 5.32 Å². The summed E-state index contributed by atoms with van der Waals surface area (Å²) in [6.07, 6.45) is 0.592. The van der Waals surface area contributed by atoms with E-state index in [0.29, 0.717) is 6.42 Å². The van der Waals surface area contributed by atoms with Gasteiger partial charge in [-0.05, 0) is 53.9 Å². The summed E-state index contributed by atoms with van der Waals surface area (Å²) < 4.78 is 0. The minimum absolute atomic E-state index is 0.0390. The highest BCUT2D eigenvalue weighted by Crippen LogP contribution is 2.25. The van der Waals surface area contributed by atoms with E-state index in [1.807, 2.05) is 6.92 Å². The number of amides is 3. The van der Waals surface area contributed by atoms with Gasteiger partial charge >= 0.3 is 0 Å². The zero-order valence-corrected chi connectivity index (χ0v) is 15.2. The Labute approximate surface area is 164 Å². The van der Waals surface area contributed by atoms with Crippen LogP contribution in [0.3, 0.4) is 0 Å². The van der Waals surface area contributed by atoms with Crippen LogP contribution in [0, 0.1) is 0 Å². The molecule has 1 heterocycles. The molecule has 1 N–H and O–H groups in total. The van der Waals surface area contributed by atoms with E-state index in [1.165, 1.54) is 18.2 Å². The Hall–Kier alpha value is -4.01. The topological polar surface area (TPSA) is 147 Å². The largest absolute Gasteiger partial charge is 0.545 e. The Morgan fingerprint density at radius 3 is 2.00 bits per heavy atom. The third kappa shape index (κ3) is 3.70. The fraction of sp³-hybridized carbons (Fsp3) is 0.150. The SMILES string of the molecule is CCCN1C(=O)c2ccc(C(=O)Nc3cc(C(=O)[O-])cc(C(=O)[O-])c3)cc2C1=O. The molecular formula is C20H14N2O7-2. The van der Waals surface area contributed by atoms with Crippen molar-refractivity contribution in [1.29, 1.82) is 0 Å². The minimum atomic E-state index is -1.62. The summed E-state index contributed by atoms with van der Waals surface area (Å²) in [5.74, 6) is -4.90. The first-order chi connectivity index (χ1) is 13.7. The molecule has 0 saturated carbocycles. The molecule has 0 spiro atoms. The van der Waals surface area contributed by atoms with Gasteiger partial charge in [0.25, 0.3) is 17.7 Å². The molecule has 0 unspecified atom stereocenters. The quantitative estimate of drug-likeness (QED) is 0.660. The van der Waals surface area contributed by atoms with Crippen LogP contribution in [0.15, 0.2) is 36.4 Å². The van der Waals surface area contributed by atoms with Crippen LogP contribution >= 0.6 is 0 Å². The van der Waals surface area contributed by atoms with Gasteiger partial charge in [0.1, 0.15) is 0 Å². The fourth-order valence-electron chi connectivity index (χ4n) is 3.00. The highest BCUT2D eigenvalue weighted by atomic mass is 16.4. The lowest BCUT2D eigenvalue weighted by Crippen LogP contribution is -2.30. The lowest BCUT2D eigenvalue weighted by molar-refractivity contribution is -0.255. The van der Waals surface area contributed by atoms with Crippen molar-refractivity contribution in [1.82, 2.24) is 4.90 Å². The molecule has 0 aliphatic carbocycles. The molecule has 0 fully saturated rings. The van der Waals surface area contributed by atoms with Gasteiger partial charge in [-0.25, -0.2) is 0 Å². The first kappa shape index (κ1) is 19.7. The van der Waals surface area contributed by atoms with E-state index < -0.39 is 40.8 Å². The molecule has 148 valence electrons. The van der Waals surface area contributed by atoms with Crippen LogP contribution in [0.4, 0.5) is 5.69 Å². The van der Waals surface area contributed by atoms with Crippen LogP contribution in [-0.2, 0) is 0 Å². The number of carboxylic acids is 2. The second-order valence-corrected chi connectivity index (χ2v) is 6.35. The molecule has 1 aliphatic heterocycles. The van der Waals surface area contributed by atoms with Crippen LogP contribution in [0.5, 0.6) is 0 Å². The number of carboxylic acid groups (broad SMARTS) is 2. The number of nitrogens with one attached hydrogen (secondary N) is 1. The smallest absolute Gasteiger partial charge is 0.261 e. The monoisotopic (exact) mass is 394 g/mol. The predicted molar refractivity (Wildman–Crippen MR) is 95.2 cm³/mol. The van der Waals surface area contributed by atoms with Crippen molar-refractivity contribution in [2.24, 2.45) is 0 Å². The van der Waals surface area contributed by atoms with Crippen molar-refractivity contribution in [3.05, 3.63) is 64.2 Å². The number of hydrogen-bond donors (Lipinski definition) is 1. The summed E-state index contributed by atoms with van der Waals surface area (Å²) in [6.45, 7) is 2.08. The number of rotatable bonds is 6. The van der Waals surface area contributed by atoms with Crippen LogP contribution in [0.25, 0.3) is 0 Å². The molecular weight excluding hydrogens is 380 g/mol. The van der Waals surface area contributed by atoms with Gasteiger partial charge in [-0.15, -0.1) is 0 Å². The first-order valence-corrected chi connectivity index (χ1v) is 8.62. The number of nitrogens with zero attached hydrogens (tertiary/aromatic N) is 1. The van der Waals surface area contributed by atoms with Crippen molar-refractivity contribution in [2.75, 3.05) is 11.9 Å². The van der Waals surface area contributed by atoms with E-state index in [4.69, 9.17) is 0 Å². The molecule has 1 aliphatic rings. The maximum absolute atomic E-state index is 12.5. The Balaban J connectivity index is 1.90. The van der Waals surface area contributed by atoms with Crippen molar-refractivity contribution in [3.8, 4) is 0 Å². The first-order valence-electron chi connectivity index (χ1n) is 8.62. The molecule has 0 saturated heterocycles. The average Bonchev–Trinajstić information content (AvgIpc) is 2.92. The van der Waals surface area contributed by atoms with Crippen LogP contribution < -0.4 is 15.5 Å². The van der Waals surface area contributed by atoms with E-state index in [1.54, 1.807) is 0 Å². The maximum Gasteiger partial charge on any atom is 0.261 e. The number of hydrogen-bond acceptors (Lipinski definition) is 7.